The van der Waals surface area contributed by atoms with E-state index in [4.69, 9.17) is 4.42 Å². The molecule has 0 unspecified atom stereocenters. The third kappa shape index (κ3) is 3.39. The lowest BCUT2D eigenvalue weighted by Gasteiger charge is -1.92. The van der Waals surface area contributed by atoms with Crippen LogP contribution < -0.4 is 14.8 Å². The van der Waals surface area contributed by atoms with Crippen LogP contribution in [0, 0.1) is 10.1 Å². The average Bonchev–Trinajstić information content (AvgIpc) is 3.19. The van der Waals surface area contributed by atoms with Crippen LogP contribution in [0.4, 0.5) is 5.69 Å². The van der Waals surface area contributed by atoms with E-state index in [9.17, 15) is 19.7 Å². The summed E-state index contributed by atoms with van der Waals surface area (Å²) >= 11 is 1.11. The first-order chi connectivity index (χ1) is 11.5. The summed E-state index contributed by atoms with van der Waals surface area (Å²) in [5.41, 5.74) is 0.291. The van der Waals surface area contributed by atoms with E-state index in [0.717, 1.165) is 11.3 Å². The molecule has 0 radical (unpaired) electrons. The minimum Gasteiger partial charge on any atom is -0.461 e. The largest absolute Gasteiger partial charge is 0.461 e. The van der Waals surface area contributed by atoms with Gasteiger partial charge in [-0.15, -0.1) is 11.3 Å². The van der Waals surface area contributed by atoms with Crippen molar-refractivity contribution >= 4 is 35.0 Å². The monoisotopic (exact) mass is 342 g/mol. The first-order valence-electron chi connectivity index (χ1n) is 6.78. The van der Waals surface area contributed by atoms with Crippen LogP contribution in [0.2, 0.25) is 0 Å². The Labute approximate surface area is 138 Å². The maximum absolute atomic E-state index is 11.9. The summed E-state index contributed by atoms with van der Waals surface area (Å²) in [5, 5.41) is 10.6. The summed E-state index contributed by atoms with van der Waals surface area (Å²) in [6, 6.07) is 8.96. The third-order valence-electron chi connectivity index (χ3n) is 3.11. The molecule has 2 heterocycles. The number of furan rings is 1. The maximum atomic E-state index is 11.9. The van der Waals surface area contributed by atoms with E-state index in [0.29, 0.717) is 14.8 Å². The van der Waals surface area contributed by atoms with Crippen LogP contribution in [0.25, 0.3) is 12.2 Å². The van der Waals surface area contributed by atoms with Gasteiger partial charge < -0.3 is 9.40 Å². The second-order valence-electron chi connectivity index (χ2n) is 4.76. The normalized spacial score (nSPS) is 12.5. The molecule has 0 saturated carbocycles. The van der Waals surface area contributed by atoms with Crippen molar-refractivity contribution < 1.29 is 14.1 Å². The van der Waals surface area contributed by atoms with Crippen LogP contribution in [-0.4, -0.2) is 15.7 Å². The highest BCUT2D eigenvalue weighted by molar-refractivity contribution is 7.07. The number of ketones is 1. The van der Waals surface area contributed by atoms with Gasteiger partial charge in [0.25, 0.3) is 11.2 Å². The van der Waals surface area contributed by atoms with Gasteiger partial charge in [-0.05, 0) is 35.9 Å². The number of Topliss-reactive ketones (excluding diaryl/α,β-unsaturated/α-hetero) is 1. The molecule has 0 bridgehead atoms. The van der Waals surface area contributed by atoms with E-state index >= 15 is 0 Å². The average molecular weight is 342 g/mol. The standard InChI is InChI=1S/C16H10N2O5S/c19-12(13-2-1-7-23-13)9-15-17-16(20)14(24-15)8-10-3-5-11(6-4-10)18(21)22/h1-9H,(H,17,20)/b14-8-,15-9-. The lowest BCUT2D eigenvalue weighted by Crippen LogP contribution is -2.19. The van der Waals surface area contributed by atoms with Gasteiger partial charge in [-0.1, -0.05) is 0 Å². The molecule has 7 nitrogen and oxygen atoms in total. The molecule has 0 atom stereocenters. The first kappa shape index (κ1) is 15.6. The van der Waals surface area contributed by atoms with E-state index < -0.39 is 4.92 Å². The fourth-order valence-electron chi connectivity index (χ4n) is 1.98. The highest BCUT2D eigenvalue weighted by Gasteiger charge is 2.06. The van der Waals surface area contributed by atoms with Crippen LogP contribution in [0.1, 0.15) is 16.1 Å². The predicted molar refractivity (Wildman–Crippen MR) is 88.4 cm³/mol. The minimum absolute atomic E-state index is 0.0229. The Morgan fingerprint density at radius 1 is 1.25 bits per heavy atom. The molecule has 120 valence electrons. The molecule has 0 aliphatic rings. The number of hydrogen-bond donors (Lipinski definition) is 1. The van der Waals surface area contributed by atoms with Crippen molar-refractivity contribution in [3.63, 3.8) is 0 Å². The Balaban J connectivity index is 1.95. The molecule has 0 aliphatic carbocycles. The van der Waals surface area contributed by atoms with Crippen molar-refractivity contribution in [1.82, 2.24) is 4.98 Å². The van der Waals surface area contributed by atoms with Crippen molar-refractivity contribution in [2.45, 2.75) is 0 Å². The summed E-state index contributed by atoms with van der Waals surface area (Å²) in [6.07, 6.45) is 4.28. The quantitative estimate of drug-likeness (QED) is 0.438. The summed E-state index contributed by atoms with van der Waals surface area (Å²) in [4.78, 5) is 36.6. The van der Waals surface area contributed by atoms with Gasteiger partial charge >= 0.3 is 0 Å². The highest BCUT2D eigenvalue weighted by Crippen LogP contribution is 2.12. The molecule has 0 amide bonds. The molecule has 8 heteroatoms. The van der Waals surface area contributed by atoms with Gasteiger partial charge in [-0.25, -0.2) is 0 Å². The molecule has 1 aromatic carbocycles. The maximum Gasteiger partial charge on any atom is 0.269 e. The Hall–Kier alpha value is -3.26. The zero-order valence-corrected chi connectivity index (χ0v) is 12.9. The number of nitro benzene ring substituents is 1. The number of nitrogens with one attached hydrogen (secondary N) is 1. The van der Waals surface area contributed by atoms with E-state index in [1.165, 1.54) is 30.5 Å². The van der Waals surface area contributed by atoms with Crippen molar-refractivity contribution in [2.75, 3.05) is 0 Å². The highest BCUT2D eigenvalue weighted by atomic mass is 32.1. The summed E-state index contributed by atoms with van der Waals surface area (Å²) in [5.74, 6) is -0.162. The Morgan fingerprint density at radius 2 is 2.00 bits per heavy atom. The summed E-state index contributed by atoms with van der Waals surface area (Å²) in [7, 11) is 0. The number of carbonyl (C=O) groups is 1. The van der Waals surface area contributed by atoms with Crippen LogP contribution in [0.3, 0.4) is 0 Å². The molecule has 2 aromatic heterocycles. The fourth-order valence-corrected chi connectivity index (χ4v) is 2.86. The van der Waals surface area contributed by atoms with E-state index in [-0.39, 0.29) is 22.8 Å². The van der Waals surface area contributed by atoms with Crippen molar-refractivity contribution in [3.05, 3.63) is 83.6 Å². The summed E-state index contributed by atoms with van der Waals surface area (Å²) in [6.45, 7) is 0. The van der Waals surface area contributed by atoms with Crippen LogP contribution in [-0.2, 0) is 0 Å². The topological polar surface area (TPSA) is 106 Å². The number of aromatic amines is 1. The Bertz CT molecular complexity index is 1060. The van der Waals surface area contributed by atoms with Crippen molar-refractivity contribution in [1.29, 1.82) is 0 Å². The van der Waals surface area contributed by atoms with Gasteiger partial charge in [0.1, 0.15) is 0 Å². The molecule has 0 fully saturated rings. The van der Waals surface area contributed by atoms with Crippen molar-refractivity contribution in [2.24, 2.45) is 0 Å². The van der Waals surface area contributed by atoms with Crippen LogP contribution in [0.5, 0.6) is 0 Å². The van der Waals surface area contributed by atoms with E-state index in [1.54, 1.807) is 24.3 Å². The van der Waals surface area contributed by atoms with Crippen molar-refractivity contribution in [3.8, 4) is 0 Å². The van der Waals surface area contributed by atoms with Gasteiger partial charge in [0.15, 0.2) is 5.76 Å². The second kappa shape index (κ2) is 6.47. The molecule has 24 heavy (non-hydrogen) atoms. The number of nitro groups is 1. The smallest absolute Gasteiger partial charge is 0.269 e. The number of carbonyl (C=O) groups excluding carboxylic acids is 1. The number of hydrogen-bond acceptors (Lipinski definition) is 6. The lowest BCUT2D eigenvalue weighted by atomic mass is 10.2. The molecule has 0 aliphatic heterocycles. The number of non-ortho nitro benzene ring substituents is 1. The molecule has 3 rings (SSSR count). The Kier molecular flexibility index (Phi) is 4.21. The molecule has 0 spiro atoms. The number of aromatic nitrogens is 1. The van der Waals surface area contributed by atoms with E-state index in [2.05, 4.69) is 4.98 Å². The summed E-state index contributed by atoms with van der Waals surface area (Å²) < 4.78 is 5.79. The minimum atomic E-state index is -0.491. The lowest BCUT2D eigenvalue weighted by molar-refractivity contribution is -0.384. The first-order valence-corrected chi connectivity index (χ1v) is 7.59. The molecule has 0 saturated heterocycles. The second-order valence-corrected chi connectivity index (χ2v) is 5.85. The number of nitrogens with zero attached hydrogens (tertiary/aromatic N) is 1. The SMILES string of the molecule is O=C(/C=c1/[nH]c(=O)/c(=C/c2ccc([N+](=O)[O-])cc2)s1)c1ccco1. The van der Waals surface area contributed by atoms with Gasteiger partial charge in [-0.3, -0.25) is 19.7 Å². The Morgan fingerprint density at radius 3 is 2.62 bits per heavy atom. The van der Waals surface area contributed by atoms with Crippen LogP contribution in [0.15, 0.2) is 51.9 Å². The molecular formula is C16H10N2O5S. The van der Waals surface area contributed by atoms with Gasteiger partial charge in [0, 0.05) is 18.2 Å². The molecule has 3 aromatic rings. The zero-order chi connectivity index (χ0) is 17.1. The van der Waals surface area contributed by atoms with Crippen LogP contribution >= 0.6 is 11.3 Å². The number of rotatable bonds is 4. The third-order valence-corrected chi connectivity index (χ3v) is 4.07. The molecular weight excluding hydrogens is 332 g/mol. The number of thiazole rings is 1. The van der Waals surface area contributed by atoms with Gasteiger partial charge in [-0.2, -0.15) is 0 Å². The number of benzene rings is 1. The zero-order valence-electron chi connectivity index (χ0n) is 12.1. The fraction of sp³-hybridized carbons (Fsp3) is 0. The van der Waals surface area contributed by atoms with Gasteiger partial charge in [0.05, 0.1) is 20.4 Å². The molecule has 1 N–H and O–H groups in total. The van der Waals surface area contributed by atoms with Gasteiger partial charge in [0.2, 0.25) is 5.78 Å². The number of H-pyrrole nitrogens is 1. The predicted octanol–water partition coefficient (Wildman–Crippen LogP) is 1.43. The van der Waals surface area contributed by atoms with E-state index in [1.807, 2.05) is 0 Å².